The number of piperidine rings is 1. The molecule has 0 aliphatic carbocycles. The van der Waals surface area contributed by atoms with Crippen LogP contribution in [0.4, 0.5) is 4.79 Å². The molecule has 0 saturated carbocycles. The minimum atomic E-state index is -0.837. The lowest BCUT2D eigenvalue weighted by Crippen LogP contribution is -2.55. The van der Waals surface area contributed by atoms with Gasteiger partial charge in [0, 0.05) is 35.0 Å². The van der Waals surface area contributed by atoms with E-state index in [1.807, 2.05) is 57.3 Å². The van der Waals surface area contributed by atoms with Gasteiger partial charge in [-0.3, -0.25) is 9.79 Å². The van der Waals surface area contributed by atoms with Gasteiger partial charge < -0.3 is 15.0 Å². The number of hydrogen-bond donors (Lipinski definition) is 1. The van der Waals surface area contributed by atoms with Gasteiger partial charge in [0.1, 0.15) is 17.0 Å². The Balaban J connectivity index is 1.59. The Morgan fingerprint density at radius 3 is 2.60 bits per heavy atom. The normalized spacial score (nSPS) is 24.0. The van der Waals surface area contributed by atoms with Crippen molar-refractivity contribution in [2.24, 2.45) is 4.99 Å². The minimum Gasteiger partial charge on any atom is -0.444 e. The molecule has 0 radical (unpaired) electrons. The Morgan fingerprint density at radius 1 is 1.23 bits per heavy atom. The van der Waals surface area contributed by atoms with E-state index in [1.165, 1.54) is 0 Å². The third-order valence-corrected chi connectivity index (χ3v) is 6.41. The summed E-state index contributed by atoms with van der Waals surface area (Å²) in [6.07, 6.45) is 0.617. The van der Waals surface area contributed by atoms with E-state index in [0.29, 0.717) is 25.2 Å². The maximum absolute atomic E-state index is 13.0. The Kier molecular flexibility index (Phi) is 5.18. The van der Waals surface area contributed by atoms with Gasteiger partial charge in [-0.1, -0.05) is 30.3 Å². The number of rotatable bonds is 2. The Labute approximate surface area is 181 Å². The van der Waals surface area contributed by atoms with Crippen LogP contribution in [0.3, 0.4) is 0 Å². The molecule has 1 spiro atoms. The Hall–Kier alpha value is -2.67. The highest BCUT2D eigenvalue weighted by molar-refractivity contribution is 7.13. The van der Waals surface area contributed by atoms with Crippen molar-refractivity contribution in [3.8, 4) is 10.4 Å². The predicted octanol–water partition coefficient (Wildman–Crippen LogP) is 4.45. The van der Waals surface area contributed by atoms with Crippen LogP contribution in [-0.2, 0) is 9.53 Å². The smallest absolute Gasteiger partial charge is 0.410 e. The highest BCUT2D eigenvalue weighted by Crippen LogP contribution is 2.36. The summed E-state index contributed by atoms with van der Waals surface area (Å²) in [6, 6.07) is 11.9. The van der Waals surface area contributed by atoms with E-state index in [2.05, 4.69) is 17.4 Å². The third kappa shape index (κ3) is 3.86. The molecule has 1 saturated heterocycles. The van der Waals surface area contributed by atoms with Crippen LogP contribution in [0.15, 0.2) is 46.8 Å². The number of likely N-dealkylation sites (tertiary alicyclic amines) is 1. The number of thiophene rings is 1. The van der Waals surface area contributed by atoms with Crippen LogP contribution in [0, 0.1) is 0 Å². The van der Waals surface area contributed by atoms with Gasteiger partial charge in [-0.25, -0.2) is 4.79 Å². The number of hydrogen-bond acceptors (Lipinski definition) is 5. The van der Waals surface area contributed by atoms with Crippen molar-refractivity contribution in [1.82, 2.24) is 10.2 Å². The standard InChI is InChI=1S/C23H27N3O3S/c1-15-14-23(11-12-26(15)21(28)29-22(2,3)4)20(27)24-19(25-23)17-9-6-5-8-16(17)18-10-7-13-30-18/h5-10,13,15H,11-12,14H2,1-4H3,(H,24,25,27)/t15-,23+/m0/s1. The van der Waals surface area contributed by atoms with Crippen molar-refractivity contribution < 1.29 is 14.3 Å². The molecule has 2 aliphatic rings. The van der Waals surface area contributed by atoms with Gasteiger partial charge in [0.05, 0.1) is 0 Å². The van der Waals surface area contributed by atoms with Crippen molar-refractivity contribution in [2.75, 3.05) is 6.54 Å². The third-order valence-electron chi connectivity index (χ3n) is 5.51. The molecule has 0 bridgehead atoms. The van der Waals surface area contributed by atoms with Gasteiger partial charge >= 0.3 is 6.09 Å². The van der Waals surface area contributed by atoms with Gasteiger partial charge in [0.15, 0.2) is 0 Å². The van der Waals surface area contributed by atoms with Crippen molar-refractivity contribution >= 4 is 29.2 Å². The number of amidine groups is 1. The largest absolute Gasteiger partial charge is 0.444 e. The van der Waals surface area contributed by atoms with E-state index in [-0.39, 0.29) is 18.0 Å². The van der Waals surface area contributed by atoms with Crippen molar-refractivity contribution in [3.05, 3.63) is 47.3 Å². The van der Waals surface area contributed by atoms with Gasteiger partial charge in [0.25, 0.3) is 5.91 Å². The molecule has 2 aliphatic heterocycles. The van der Waals surface area contributed by atoms with Crippen molar-refractivity contribution in [2.45, 2.75) is 57.7 Å². The molecule has 2 aromatic rings. The monoisotopic (exact) mass is 425 g/mol. The van der Waals surface area contributed by atoms with E-state index >= 15 is 0 Å². The molecule has 1 N–H and O–H groups in total. The molecule has 158 valence electrons. The molecule has 1 fully saturated rings. The van der Waals surface area contributed by atoms with Crippen LogP contribution in [0.2, 0.25) is 0 Å². The lowest BCUT2D eigenvalue weighted by atomic mass is 9.84. The summed E-state index contributed by atoms with van der Waals surface area (Å²) in [4.78, 5) is 33.3. The van der Waals surface area contributed by atoms with Crippen LogP contribution < -0.4 is 5.32 Å². The summed E-state index contributed by atoms with van der Waals surface area (Å²) in [6.45, 7) is 7.95. The molecular formula is C23H27N3O3S. The second-order valence-electron chi connectivity index (χ2n) is 8.95. The maximum Gasteiger partial charge on any atom is 0.410 e. The van der Waals surface area contributed by atoms with Crippen LogP contribution >= 0.6 is 11.3 Å². The molecule has 6 nitrogen and oxygen atoms in total. The number of aliphatic imine (C=N–C) groups is 1. The molecule has 3 heterocycles. The summed E-state index contributed by atoms with van der Waals surface area (Å²) in [5.74, 6) is 0.524. The van der Waals surface area contributed by atoms with Crippen LogP contribution in [0.5, 0.6) is 0 Å². The molecule has 1 aromatic carbocycles. The first-order valence-corrected chi connectivity index (χ1v) is 11.1. The Morgan fingerprint density at radius 2 is 1.97 bits per heavy atom. The first kappa shape index (κ1) is 20.6. The van der Waals surface area contributed by atoms with Gasteiger partial charge in [0.2, 0.25) is 0 Å². The predicted molar refractivity (Wildman–Crippen MR) is 119 cm³/mol. The zero-order valence-corrected chi connectivity index (χ0v) is 18.6. The van der Waals surface area contributed by atoms with Gasteiger partial charge in [-0.15, -0.1) is 11.3 Å². The first-order chi connectivity index (χ1) is 14.2. The molecule has 2 atom stereocenters. The van der Waals surface area contributed by atoms with E-state index in [4.69, 9.17) is 9.73 Å². The number of carbonyl (C=O) groups excluding carboxylic acids is 2. The topological polar surface area (TPSA) is 71.0 Å². The summed E-state index contributed by atoms with van der Waals surface area (Å²) in [5, 5.41) is 5.06. The fourth-order valence-corrected chi connectivity index (χ4v) is 4.87. The first-order valence-electron chi connectivity index (χ1n) is 10.2. The SMILES string of the molecule is C[C@H]1C[C@@]2(CCN1C(=O)OC(C)(C)C)N=C(c1ccccc1-c1cccs1)NC2=O. The number of benzene rings is 1. The quantitative estimate of drug-likeness (QED) is 0.773. The lowest BCUT2D eigenvalue weighted by molar-refractivity contribution is -0.126. The number of amides is 2. The van der Waals surface area contributed by atoms with Crippen molar-refractivity contribution in [1.29, 1.82) is 0 Å². The number of nitrogens with zero attached hydrogens (tertiary/aromatic N) is 2. The van der Waals surface area contributed by atoms with Gasteiger partial charge in [-0.2, -0.15) is 0 Å². The Bertz CT molecular complexity index is 993. The fraction of sp³-hybridized carbons (Fsp3) is 0.435. The minimum absolute atomic E-state index is 0.0887. The van der Waals surface area contributed by atoms with E-state index in [0.717, 1.165) is 16.0 Å². The number of ether oxygens (including phenoxy) is 1. The summed E-state index contributed by atoms with van der Waals surface area (Å²) < 4.78 is 5.52. The van der Waals surface area contributed by atoms with E-state index in [1.54, 1.807) is 16.2 Å². The highest BCUT2D eigenvalue weighted by Gasteiger charge is 2.49. The fourth-order valence-electron chi connectivity index (χ4n) is 4.11. The molecule has 1 aromatic heterocycles. The molecule has 0 unspecified atom stereocenters. The zero-order chi connectivity index (χ0) is 21.5. The molecule has 7 heteroatoms. The maximum atomic E-state index is 13.0. The lowest BCUT2D eigenvalue weighted by Gasteiger charge is -2.40. The second kappa shape index (κ2) is 7.54. The van der Waals surface area contributed by atoms with Crippen LogP contribution in [0.25, 0.3) is 10.4 Å². The van der Waals surface area contributed by atoms with Gasteiger partial charge in [-0.05, 0) is 45.6 Å². The molecule has 30 heavy (non-hydrogen) atoms. The average Bonchev–Trinajstić information content (AvgIpc) is 3.30. The zero-order valence-electron chi connectivity index (χ0n) is 17.8. The number of nitrogens with one attached hydrogen (secondary N) is 1. The summed E-state index contributed by atoms with van der Waals surface area (Å²) >= 11 is 1.66. The summed E-state index contributed by atoms with van der Waals surface area (Å²) in [7, 11) is 0. The average molecular weight is 426 g/mol. The van der Waals surface area contributed by atoms with Crippen LogP contribution in [-0.4, -0.2) is 46.5 Å². The van der Waals surface area contributed by atoms with Crippen molar-refractivity contribution in [3.63, 3.8) is 0 Å². The number of carbonyl (C=O) groups is 2. The highest BCUT2D eigenvalue weighted by atomic mass is 32.1. The van der Waals surface area contributed by atoms with E-state index in [9.17, 15) is 9.59 Å². The molecule has 2 amide bonds. The molecular weight excluding hydrogens is 398 g/mol. The molecule has 4 rings (SSSR count). The summed E-state index contributed by atoms with van der Waals surface area (Å²) in [5.41, 5.74) is 0.596. The van der Waals surface area contributed by atoms with Crippen LogP contribution in [0.1, 0.15) is 46.1 Å². The second-order valence-corrected chi connectivity index (χ2v) is 9.89. The van der Waals surface area contributed by atoms with E-state index < -0.39 is 11.1 Å².